The standard InChI is InChI=1S/C28H28F3N7O4/c1-17-11-18(2)13-20(12-17)35-27(40)38(42-26(39)28(29,30)31)21-5-3-19(4-6-21)23-14-22(15-36-7-9-41-10-8-36)37-24(23)25(32)33-16-34-37/h3-6,11-14,16H,7-10,15H2,1-2H3,(H,35,40)(H2,32,33,34). The van der Waals surface area contributed by atoms with E-state index in [9.17, 15) is 22.8 Å². The van der Waals surface area contributed by atoms with Crippen molar-refractivity contribution in [3.63, 3.8) is 0 Å². The fraction of sp³-hybridized carbons (Fsp3) is 0.286. The van der Waals surface area contributed by atoms with Crippen molar-refractivity contribution < 1.29 is 32.3 Å². The zero-order valence-electron chi connectivity index (χ0n) is 22.8. The third-order valence-electron chi connectivity index (χ3n) is 6.62. The monoisotopic (exact) mass is 583 g/mol. The largest absolute Gasteiger partial charge is 0.493 e. The van der Waals surface area contributed by atoms with Crippen molar-refractivity contribution in [1.29, 1.82) is 0 Å². The summed E-state index contributed by atoms with van der Waals surface area (Å²) in [7, 11) is 0. The summed E-state index contributed by atoms with van der Waals surface area (Å²) in [4.78, 5) is 35.7. The number of hydrogen-bond acceptors (Lipinski definition) is 8. The van der Waals surface area contributed by atoms with Crippen molar-refractivity contribution in [3.05, 3.63) is 71.7 Å². The van der Waals surface area contributed by atoms with Gasteiger partial charge in [0.15, 0.2) is 5.82 Å². The summed E-state index contributed by atoms with van der Waals surface area (Å²) in [5, 5.41) is 7.14. The first kappa shape index (κ1) is 28.8. The van der Waals surface area contributed by atoms with Crippen LogP contribution in [0.4, 0.5) is 35.2 Å². The number of morpholine rings is 1. The minimum atomic E-state index is -5.32. The minimum absolute atomic E-state index is 0.112. The van der Waals surface area contributed by atoms with Gasteiger partial charge >= 0.3 is 18.2 Å². The van der Waals surface area contributed by atoms with Crippen LogP contribution in [0.25, 0.3) is 16.6 Å². The highest BCUT2D eigenvalue weighted by Crippen LogP contribution is 2.33. The maximum absolute atomic E-state index is 13.1. The van der Waals surface area contributed by atoms with Crippen LogP contribution in [0.5, 0.6) is 0 Å². The molecule has 0 saturated carbocycles. The van der Waals surface area contributed by atoms with Crippen LogP contribution in [-0.4, -0.2) is 64.0 Å². The molecule has 1 aliphatic rings. The van der Waals surface area contributed by atoms with Gasteiger partial charge in [0.2, 0.25) is 0 Å². The quantitative estimate of drug-likeness (QED) is 0.329. The van der Waals surface area contributed by atoms with E-state index in [1.165, 1.54) is 18.5 Å². The normalized spacial score (nSPS) is 14.1. The van der Waals surface area contributed by atoms with Crippen LogP contribution >= 0.6 is 0 Å². The van der Waals surface area contributed by atoms with Crippen molar-refractivity contribution in [2.24, 2.45) is 0 Å². The molecule has 0 bridgehead atoms. The van der Waals surface area contributed by atoms with Crippen molar-refractivity contribution in [2.45, 2.75) is 26.6 Å². The van der Waals surface area contributed by atoms with E-state index in [0.717, 1.165) is 29.9 Å². The maximum atomic E-state index is 13.1. The number of nitrogens with two attached hydrogens (primary N) is 1. The molecule has 42 heavy (non-hydrogen) atoms. The molecule has 3 heterocycles. The van der Waals surface area contributed by atoms with Crippen LogP contribution in [0.2, 0.25) is 0 Å². The SMILES string of the molecule is Cc1cc(C)cc(NC(=O)N(OC(=O)C(F)(F)F)c2ccc(-c3cc(CN4CCOCC4)n4ncnc(N)c34)cc2)c1. The number of anilines is 3. The molecule has 4 aromatic rings. The van der Waals surface area contributed by atoms with Crippen LogP contribution in [0.3, 0.4) is 0 Å². The maximum Gasteiger partial charge on any atom is 0.493 e. The summed E-state index contributed by atoms with van der Waals surface area (Å²) in [6.45, 7) is 6.96. The summed E-state index contributed by atoms with van der Waals surface area (Å²) in [5.41, 5.74) is 10.8. The van der Waals surface area contributed by atoms with Gasteiger partial charge in [0.1, 0.15) is 11.8 Å². The van der Waals surface area contributed by atoms with E-state index in [0.29, 0.717) is 42.1 Å². The first-order chi connectivity index (χ1) is 20.0. The lowest BCUT2D eigenvalue weighted by atomic mass is 10.1. The van der Waals surface area contributed by atoms with Gasteiger partial charge in [-0.2, -0.15) is 18.3 Å². The molecule has 0 unspecified atom stereocenters. The zero-order chi connectivity index (χ0) is 30.0. The van der Waals surface area contributed by atoms with E-state index < -0.39 is 18.2 Å². The summed E-state index contributed by atoms with van der Waals surface area (Å²) in [6.07, 6.45) is -3.96. The zero-order valence-corrected chi connectivity index (χ0v) is 22.8. The lowest BCUT2D eigenvalue weighted by Gasteiger charge is -2.26. The second-order valence-electron chi connectivity index (χ2n) is 9.87. The van der Waals surface area contributed by atoms with Crippen LogP contribution in [0, 0.1) is 13.8 Å². The van der Waals surface area contributed by atoms with E-state index in [1.807, 2.05) is 12.1 Å². The first-order valence-electron chi connectivity index (χ1n) is 13.0. The molecule has 1 aliphatic heterocycles. The predicted molar refractivity (Wildman–Crippen MR) is 148 cm³/mol. The number of aryl methyl sites for hydroxylation is 2. The van der Waals surface area contributed by atoms with Crippen molar-refractivity contribution in [1.82, 2.24) is 19.5 Å². The number of halogens is 3. The van der Waals surface area contributed by atoms with Crippen LogP contribution in [-0.2, 0) is 20.9 Å². The van der Waals surface area contributed by atoms with Crippen molar-refractivity contribution in [3.8, 4) is 11.1 Å². The van der Waals surface area contributed by atoms with Gasteiger partial charge in [0.05, 0.1) is 24.6 Å². The van der Waals surface area contributed by atoms with Crippen molar-refractivity contribution in [2.75, 3.05) is 42.4 Å². The van der Waals surface area contributed by atoms with Gasteiger partial charge < -0.3 is 20.6 Å². The number of carbonyl (C=O) groups excluding carboxylic acids is 2. The number of hydrogen-bond donors (Lipinski definition) is 2. The third kappa shape index (κ3) is 6.29. The van der Waals surface area contributed by atoms with Gasteiger partial charge in [0, 0.05) is 30.9 Å². The van der Waals surface area contributed by atoms with E-state index in [2.05, 4.69) is 25.1 Å². The van der Waals surface area contributed by atoms with Gasteiger partial charge in [-0.25, -0.2) is 19.1 Å². The molecule has 2 aromatic carbocycles. The molecular formula is C28H28F3N7O4. The molecule has 5 rings (SSSR count). The molecule has 2 amide bonds. The Kier molecular flexibility index (Phi) is 8.00. The van der Waals surface area contributed by atoms with Crippen LogP contribution < -0.4 is 16.1 Å². The number of aromatic nitrogens is 3. The lowest BCUT2D eigenvalue weighted by Crippen LogP contribution is -2.41. The van der Waals surface area contributed by atoms with Crippen molar-refractivity contribution >= 4 is 34.7 Å². The average Bonchev–Trinajstić information content (AvgIpc) is 3.30. The van der Waals surface area contributed by atoms with E-state index in [-0.39, 0.29) is 16.6 Å². The Hall–Kier alpha value is -4.69. The van der Waals surface area contributed by atoms with E-state index in [4.69, 9.17) is 10.5 Å². The highest BCUT2D eigenvalue weighted by Gasteiger charge is 2.44. The number of nitrogens with zero attached hydrogens (tertiary/aromatic N) is 5. The molecule has 2 aromatic heterocycles. The Bertz CT molecular complexity index is 1600. The molecule has 0 aliphatic carbocycles. The minimum Gasteiger partial charge on any atom is -0.382 e. The smallest absolute Gasteiger partial charge is 0.382 e. The number of nitrogen functional groups attached to an aromatic ring is 1. The number of rotatable bonds is 5. The second kappa shape index (κ2) is 11.7. The average molecular weight is 584 g/mol. The molecule has 1 saturated heterocycles. The Morgan fingerprint density at radius 1 is 1.07 bits per heavy atom. The summed E-state index contributed by atoms with van der Waals surface area (Å²) < 4.78 is 46.4. The van der Waals surface area contributed by atoms with Gasteiger partial charge in [-0.1, -0.05) is 18.2 Å². The number of fused-ring (bicyclic) bond motifs is 1. The second-order valence-corrected chi connectivity index (χ2v) is 9.87. The van der Waals surface area contributed by atoms with E-state index in [1.54, 1.807) is 42.6 Å². The predicted octanol–water partition coefficient (Wildman–Crippen LogP) is 4.49. The summed E-state index contributed by atoms with van der Waals surface area (Å²) in [5.74, 6) is -2.30. The lowest BCUT2D eigenvalue weighted by molar-refractivity contribution is -0.199. The van der Waals surface area contributed by atoms with Gasteiger partial charge in [0.25, 0.3) is 0 Å². The fourth-order valence-corrected chi connectivity index (χ4v) is 4.80. The number of nitrogens with one attached hydrogen (secondary N) is 1. The van der Waals surface area contributed by atoms with Gasteiger partial charge in [-0.15, -0.1) is 5.06 Å². The molecule has 14 heteroatoms. The Labute approximate surface area is 238 Å². The number of carbonyl (C=O) groups is 2. The number of urea groups is 1. The fourth-order valence-electron chi connectivity index (χ4n) is 4.80. The number of amides is 2. The Morgan fingerprint density at radius 2 is 1.74 bits per heavy atom. The van der Waals surface area contributed by atoms with Crippen LogP contribution in [0.15, 0.2) is 54.9 Å². The molecule has 0 radical (unpaired) electrons. The number of benzene rings is 2. The van der Waals surface area contributed by atoms with E-state index >= 15 is 0 Å². The van der Waals surface area contributed by atoms with Crippen LogP contribution in [0.1, 0.15) is 16.8 Å². The molecule has 1 fully saturated rings. The van der Waals surface area contributed by atoms with Gasteiger partial charge in [-0.05, 0) is 60.9 Å². The summed E-state index contributed by atoms with van der Waals surface area (Å²) >= 11 is 0. The first-order valence-corrected chi connectivity index (χ1v) is 13.0. The molecule has 220 valence electrons. The number of alkyl halides is 3. The topological polar surface area (TPSA) is 127 Å². The Morgan fingerprint density at radius 3 is 2.38 bits per heavy atom. The summed E-state index contributed by atoms with van der Waals surface area (Å²) in [6, 6.07) is 11.8. The Balaban J connectivity index is 1.47. The highest BCUT2D eigenvalue weighted by molar-refractivity contribution is 6.02. The molecular weight excluding hydrogens is 555 g/mol. The molecule has 3 N–H and O–H groups in total. The molecule has 0 spiro atoms. The van der Waals surface area contributed by atoms with Gasteiger partial charge in [-0.3, -0.25) is 4.90 Å². The molecule has 0 atom stereocenters. The molecule has 11 nitrogen and oxygen atoms in total. The highest BCUT2D eigenvalue weighted by atomic mass is 19.4. The number of hydroxylamine groups is 1. The number of ether oxygens (including phenoxy) is 1. The third-order valence-corrected chi connectivity index (χ3v) is 6.62.